The van der Waals surface area contributed by atoms with Gasteiger partial charge in [0, 0.05) is 28.9 Å². The number of pyridine rings is 2. The van der Waals surface area contributed by atoms with E-state index >= 15 is 0 Å². The van der Waals surface area contributed by atoms with Gasteiger partial charge >= 0.3 is 0 Å². The van der Waals surface area contributed by atoms with Crippen molar-refractivity contribution in [2.24, 2.45) is 0 Å². The zero-order valence-electron chi connectivity index (χ0n) is 33.6. The highest BCUT2D eigenvalue weighted by Crippen LogP contribution is 2.41. The average molecular weight is 808 g/mol. The summed E-state index contributed by atoms with van der Waals surface area (Å²) in [5.74, 6) is 1.03. The predicted molar refractivity (Wildman–Crippen MR) is 256 cm³/mol. The Kier molecular flexibility index (Phi) is 7.77. The third-order valence-electron chi connectivity index (χ3n) is 12.1. The van der Waals surface area contributed by atoms with Crippen LogP contribution in [0, 0.1) is 0 Å². The fraction of sp³-hybridized carbons (Fsp3) is 0. The number of rotatable bonds is 6. The van der Waals surface area contributed by atoms with Gasteiger partial charge in [0.05, 0.1) is 23.8 Å². The molecule has 0 radical (unpaired) electrons. The van der Waals surface area contributed by atoms with Gasteiger partial charge in [0.2, 0.25) is 11.8 Å². The predicted octanol–water partition coefficient (Wildman–Crippen LogP) is 15.0. The lowest BCUT2D eigenvalue weighted by atomic mass is 9.96. The first kappa shape index (κ1) is 35.1. The van der Waals surface area contributed by atoms with E-state index < -0.39 is 0 Å². The summed E-state index contributed by atoms with van der Waals surface area (Å²) >= 11 is 0. The Balaban J connectivity index is 0.922. The van der Waals surface area contributed by atoms with Crippen molar-refractivity contribution < 1.29 is 8.83 Å². The Morgan fingerprint density at radius 3 is 1.24 bits per heavy atom. The number of hydrogen-bond donors (Lipinski definition) is 0. The van der Waals surface area contributed by atoms with Crippen LogP contribution in [0.4, 0.5) is 17.1 Å². The molecular formula is C56H33N5O2. The summed E-state index contributed by atoms with van der Waals surface area (Å²) < 4.78 is 12.9. The fourth-order valence-electron chi connectivity index (χ4n) is 8.95. The van der Waals surface area contributed by atoms with E-state index in [-0.39, 0.29) is 0 Å². The minimum absolute atomic E-state index is 0.513. The summed E-state index contributed by atoms with van der Waals surface area (Å²) in [5, 5.41) is 11.6. The van der Waals surface area contributed by atoms with E-state index in [1.54, 1.807) is 0 Å². The number of benzene rings is 9. The maximum Gasteiger partial charge on any atom is 0.228 e. The van der Waals surface area contributed by atoms with Gasteiger partial charge in [-0.3, -0.25) is 0 Å². The molecule has 0 unspecified atom stereocenters. The molecule has 0 spiro atoms. The Bertz CT molecular complexity index is 3810. The highest BCUT2D eigenvalue weighted by atomic mass is 16.4. The summed E-state index contributed by atoms with van der Waals surface area (Å²) in [4.78, 5) is 21.4. The van der Waals surface area contributed by atoms with Gasteiger partial charge in [-0.1, -0.05) is 127 Å². The van der Waals surface area contributed by atoms with Gasteiger partial charge in [-0.2, -0.15) is 9.97 Å². The van der Waals surface area contributed by atoms with Gasteiger partial charge in [0.25, 0.3) is 0 Å². The maximum absolute atomic E-state index is 6.46. The van der Waals surface area contributed by atoms with Gasteiger partial charge < -0.3 is 13.7 Å². The van der Waals surface area contributed by atoms with Crippen molar-refractivity contribution in [2.75, 3.05) is 4.90 Å². The Morgan fingerprint density at radius 1 is 0.317 bits per heavy atom. The molecule has 13 aromatic rings. The number of nitrogens with zero attached hydrogens (tertiary/aromatic N) is 5. The van der Waals surface area contributed by atoms with Gasteiger partial charge in [0.15, 0.2) is 22.5 Å². The molecule has 0 fully saturated rings. The summed E-state index contributed by atoms with van der Waals surface area (Å²) in [5.41, 5.74) is 8.83. The highest BCUT2D eigenvalue weighted by molar-refractivity contribution is 6.10. The normalized spacial score (nSPS) is 11.8. The van der Waals surface area contributed by atoms with Crippen molar-refractivity contribution in [1.82, 2.24) is 19.9 Å². The number of oxazole rings is 2. The Hall–Kier alpha value is -8.68. The smallest absolute Gasteiger partial charge is 0.228 e. The number of aromatic nitrogens is 4. The van der Waals surface area contributed by atoms with Crippen LogP contribution in [-0.2, 0) is 0 Å². The molecule has 294 valence electrons. The molecule has 4 aromatic heterocycles. The second kappa shape index (κ2) is 13.9. The molecule has 0 saturated carbocycles. The highest BCUT2D eigenvalue weighted by Gasteiger charge is 2.20. The minimum Gasteiger partial charge on any atom is -0.434 e. The van der Waals surface area contributed by atoms with Crippen molar-refractivity contribution in [1.29, 1.82) is 0 Å². The lowest BCUT2D eigenvalue weighted by molar-refractivity contribution is 0.620. The second-order valence-electron chi connectivity index (χ2n) is 16.0. The molecule has 0 aliphatic rings. The number of hydrogen-bond acceptors (Lipinski definition) is 7. The van der Waals surface area contributed by atoms with E-state index in [2.05, 4.69) is 144 Å². The van der Waals surface area contributed by atoms with Crippen LogP contribution >= 0.6 is 0 Å². The molecule has 0 atom stereocenters. The molecule has 0 bridgehead atoms. The van der Waals surface area contributed by atoms with Gasteiger partial charge in [-0.15, -0.1) is 0 Å². The van der Waals surface area contributed by atoms with Crippen molar-refractivity contribution in [3.05, 3.63) is 200 Å². The third-order valence-corrected chi connectivity index (χ3v) is 12.1. The lowest BCUT2D eigenvalue weighted by Crippen LogP contribution is -2.10. The quantitative estimate of drug-likeness (QED) is 0.155. The SMILES string of the molecule is c1ccc2cc(-c3ccc4c(ccc5cc(N(c6cnc7nc(-c8ccc9ccccc9c8)oc7c6)c6cnc7nc(-c8ccc9ccccc9c8)oc7c6)ccc54)c3)ccc2c1. The first-order valence-electron chi connectivity index (χ1n) is 20.9. The molecule has 0 amide bonds. The van der Waals surface area contributed by atoms with Crippen LogP contribution in [0.1, 0.15) is 0 Å². The van der Waals surface area contributed by atoms with Gasteiger partial charge in [-0.25, -0.2) is 9.97 Å². The van der Waals surface area contributed by atoms with E-state index in [4.69, 9.17) is 28.8 Å². The van der Waals surface area contributed by atoms with E-state index in [9.17, 15) is 0 Å². The number of fused-ring (bicyclic) bond motifs is 8. The van der Waals surface area contributed by atoms with E-state index in [0.717, 1.165) is 60.5 Å². The molecule has 63 heavy (non-hydrogen) atoms. The van der Waals surface area contributed by atoms with Gasteiger partial charge in [-0.05, 0) is 114 Å². The molecule has 13 rings (SSSR count). The minimum atomic E-state index is 0.513. The lowest BCUT2D eigenvalue weighted by Gasteiger charge is -2.25. The van der Waals surface area contributed by atoms with Crippen LogP contribution in [0.5, 0.6) is 0 Å². The second-order valence-corrected chi connectivity index (χ2v) is 16.0. The molecule has 0 aliphatic heterocycles. The van der Waals surface area contributed by atoms with Crippen LogP contribution in [0.25, 0.3) is 110 Å². The maximum atomic E-state index is 6.46. The molecule has 0 N–H and O–H groups in total. The molecular weight excluding hydrogens is 775 g/mol. The molecule has 0 aliphatic carbocycles. The molecule has 4 heterocycles. The van der Waals surface area contributed by atoms with Crippen LogP contribution < -0.4 is 4.90 Å². The third kappa shape index (κ3) is 6.05. The summed E-state index contributed by atoms with van der Waals surface area (Å²) in [6, 6.07) is 65.8. The van der Waals surface area contributed by atoms with Crippen LogP contribution in [0.15, 0.2) is 209 Å². The van der Waals surface area contributed by atoms with Crippen molar-refractivity contribution in [3.8, 4) is 34.0 Å². The Labute approximate surface area is 360 Å². The Morgan fingerprint density at radius 2 is 0.714 bits per heavy atom. The largest absolute Gasteiger partial charge is 0.434 e. The molecule has 0 saturated heterocycles. The first-order valence-corrected chi connectivity index (χ1v) is 20.9. The zero-order chi connectivity index (χ0) is 41.4. The number of anilines is 3. The monoisotopic (exact) mass is 807 g/mol. The summed E-state index contributed by atoms with van der Waals surface area (Å²) in [7, 11) is 0. The topological polar surface area (TPSA) is 81.1 Å². The molecule has 9 aromatic carbocycles. The van der Waals surface area contributed by atoms with Crippen molar-refractivity contribution >= 4 is 93.4 Å². The standard InChI is InChI=1S/C56H33N5O2/c1-4-10-37-25-40(16-13-34(37)7-1)41-21-23-49-42(26-41)17-18-43-29-46(22-24-50(43)49)61(47-30-51-53(57-32-47)59-55(62-51)44-19-14-35-8-2-5-11-38(35)27-44)48-31-52-54(58-33-48)60-56(63-52)45-20-15-36-9-3-6-12-39(36)28-45/h1-33H. The van der Waals surface area contributed by atoms with E-state index in [0.29, 0.717) is 34.2 Å². The van der Waals surface area contributed by atoms with Crippen LogP contribution in [0.3, 0.4) is 0 Å². The zero-order valence-corrected chi connectivity index (χ0v) is 33.6. The van der Waals surface area contributed by atoms with E-state index in [1.165, 1.54) is 32.7 Å². The average Bonchev–Trinajstić information content (AvgIpc) is 3.98. The van der Waals surface area contributed by atoms with Crippen molar-refractivity contribution in [2.45, 2.75) is 0 Å². The van der Waals surface area contributed by atoms with Crippen LogP contribution in [-0.4, -0.2) is 19.9 Å². The fourth-order valence-corrected chi connectivity index (χ4v) is 8.95. The molecule has 7 nitrogen and oxygen atoms in total. The summed E-state index contributed by atoms with van der Waals surface area (Å²) in [6.07, 6.45) is 3.66. The van der Waals surface area contributed by atoms with Gasteiger partial charge in [0.1, 0.15) is 0 Å². The van der Waals surface area contributed by atoms with Crippen LogP contribution in [0.2, 0.25) is 0 Å². The first-order chi connectivity index (χ1) is 31.1. The van der Waals surface area contributed by atoms with E-state index in [1.807, 2.05) is 60.9 Å². The summed E-state index contributed by atoms with van der Waals surface area (Å²) in [6.45, 7) is 0. The van der Waals surface area contributed by atoms with Crippen molar-refractivity contribution in [3.63, 3.8) is 0 Å². The molecule has 7 heteroatoms.